The Hall–Kier alpha value is -3.35. The minimum atomic E-state index is -1.05. The Bertz CT molecular complexity index is 951. The summed E-state index contributed by atoms with van der Waals surface area (Å²) in [5.41, 5.74) is 2.53. The lowest BCUT2D eigenvalue weighted by Gasteiger charge is -2.21. The minimum Gasteiger partial charge on any atom is -0.497 e. The SMILES string of the molecule is COc1ccc(CC[C@@]2(C)NC(=O)N(CC(=O)Nc3c(C)cccc3C)C2=O)cc1. The van der Waals surface area contributed by atoms with E-state index >= 15 is 0 Å². The van der Waals surface area contributed by atoms with Crippen LogP contribution in [0.25, 0.3) is 0 Å². The number of nitrogens with one attached hydrogen (secondary N) is 2. The maximum atomic E-state index is 12.9. The zero-order chi connectivity index (χ0) is 21.9. The number of carbonyl (C=O) groups is 3. The van der Waals surface area contributed by atoms with E-state index in [0.29, 0.717) is 18.5 Å². The zero-order valence-corrected chi connectivity index (χ0v) is 17.7. The molecule has 1 heterocycles. The second kappa shape index (κ2) is 8.57. The molecule has 0 radical (unpaired) electrons. The third-order valence-electron chi connectivity index (χ3n) is 5.47. The van der Waals surface area contributed by atoms with E-state index in [-0.39, 0.29) is 6.54 Å². The average molecular weight is 409 g/mol. The molecule has 1 saturated heterocycles. The summed E-state index contributed by atoms with van der Waals surface area (Å²) in [5, 5.41) is 5.57. The van der Waals surface area contributed by atoms with E-state index in [1.165, 1.54) is 0 Å². The number of imide groups is 1. The number of urea groups is 1. The molecule has 2 N–H and O–H groups in total. The molecule has 0 saturated carbocycles. The van der Waals surface area contributed by atoms with Crippen LogP contribution in [0.4, 0.5) is 10.5 Å². The number of para-hydroxylation sites is 1. The minimum absolute atomic E-state index is 0.323. The summed E-state index contributed by atoms with van der Waals surface area (Å²) >= 11 is 0. The Morgan fingerprint density at radius 3 is 2.33 bits per heavy atom. The van der Waals surface area contributed by atoms with E-state index in [2.05, 4.69) is 10.6 Å². The molecular formula is C23H27N3O4. The van der Waals surface area contributed by atoms with Gasteiger partial charge in [0.05, 0.1) is 7.11 Å². The number of amides is 4. The molecule has 2 aromatic rings. The highest BCUT2D eigenvalue weighted by molar-refractivity contribution is 6.10. The Kier molecular flexibility index (Phi) is 6.10. The van der Waals surface area contributed by atoms with Gasteiger partial charge in [-0.15, -0.1) is 0 Å². The largest absolute Gasteiger partial charge is 0.497 e. The second-order valence-corrected chi connectivity index (χ2v) is 7.82. The number of hydrogen-bond donors (Lipinski definition) is 2. The fraction of sp³-hybridized carbons (Fsp3) is 0.348. The number of aryl methyl sites for hydroxylation is 3. The topological polar surface area (TPSA) is 87.7 Å². The summed E-state index contributed by atoms with van der Waals surface area (Å²) < 4.78 is 5.15. The van der Waals surface area contributed by atoms with Crippen LogP contribution in [-0.2, 0) is 16.0 Å². The van der Waals surface area contributed by atoms with Crippen LogP contribution in [-0.4, -0.2) is 41.9 Å². The Morgan fingerprint density at radius 2 is 1.73 bits per heavy atom. The molecule has 0 unspecified atom stereocenters. The first kappa shape index (κ1) is 21.4. The highest BCUT2D eigenvalue weighted by atomic mass is 16.5. The number of rotatable bonds is 7. The highest BCUT2D eigenvalue weighted by Crippen LogP contribution is 2.25. The number of anilines is 1. The summed E-state index contributed by atoms with van der Waals surface area (Å²) in [7, 11) is 1.61. The van der Waals surface area contributed by atoms with Gasteiger partial charge >= 0.3 is 6.03 Å². The van der Waals surface area contributed by atoms with Crippen molar-refractivity contribution in [2.45, 2.75) is 39.2 Å². The first-order chi connectivity index (χ1) is 14.2. The molecule has 0 spiro atoms. The van der Waals surface area contributed by atoms with Crippen LogP contribution in [0.1, 0.15) is 30.0 Å². The van der Waals surface area contributed by atoms with Gasteiger partial charge in [0.25, 0.3) is 5.91 Å². The van der Waals surface area contributed by atoms with Gasteiger partial charge in [0.2, 0.25) is 5.91 Å². The third-order valence-corrected chi connectivity index (χ3v) is 5.47. The van der Waals surface area contributed by atoms with E-state index in [9.17, 15) is 14.4 Å². The number of nitrogens with zero attached hydrogens (tertiary/aromatic N) is 1. The molecule has 30 heavy (non-hydrogen) atoms. The molecule has 2 aromatic carbocycles. The van der Waals surface area contributed by atoms with Gasteiger partial charge in [0, 0.05) is 5.69 Å². The van der Waals surface area contributed by atoms with Crippen LogP contribution in [0.5, 0.6) is 5.75 Å². The van der Waals surface area contributed by atoms with Crippen LogP contribution >= 0.6 is 0 Å². The second-order valence-electron chi connectivity index (χ2n) is 7.82. The number of carbonyl (C=O) groups excluding carboxylic acids is 3. The maximum Gasteiger partial charge on any atom is 0.325 e. The quantitative estimate of drug-likeness (QED) is 0.688. The Balaban J connectivity index is 1.63. The molecule has 0 aliphatic carbocycles. The normalized spacial score (nSPS) is 18.3. The van der Waals surface area contributed by atoms with Crippen LogP contribution < -0.4 is 15.4 Å². The molecular weight excluding hydrogens is 382 g/mol. The maximum absolute atomic E-state index is 12.9. The van der Waals surface area contributed by atoms with Gasteiger partial charge in [0.1, 0.15) is 17.8 Å². The number of methoxy groups -OCH3 is 1. The molecule has 7 heteroatoms. The fourth-order valence-electron chi connectivity index (χ4n) is 3.58. The highest BCUT2D eigenvalue weighted by Gasteiger charge is 2.47. The predicted molar refractivity (Wildman–Crippen MR) is 115 cm³/mol. The lowest BCUT2D eigenvalue weighted by atomic mass is 9.93. The van der Waals surface area contributed by atoms with Crippen molar-refractivity contribution in [3.8, 4) is 5.75 Å². The van der Waals surface area contributed by atoms with Crippen molar-refractivity contribution in [1.82, 2.24) is 10.2 Å². The van der Waals surface area contributed by atoms with E-state index in [1.54, 1.807) is 14.0 Å². The number of benzene rings is 2. The van der Waals surface area contributed by atoms with Crippen LogP contribution in [0.3, 0.4) is 0 Å². The van der Waals surface area contributed by atoms with Crippen molar-refractivity contribution in [2.24, 2.45) is 0 Å². The van der Waals surface area contributed by atoms with Crippen molar-refractivity contribution in [2.75, 3.05) is 19.0 Å². The molecule has 0 bridgehead atoms. The molecule has 7 nitrogen and oxygen atoms in total. The van der Waals surface area contributed by atoms with Gasteiger partial charge in [-0.3, -0.25) is 14.5 Å². The summed E-state index contributed by atoms with van der Waals surface area (Å²) in [6.07, 6.45) is 1.04. The van der Waals surface area contributed by atoms with Crippen molar-refractivity contribution in [3.05, 3.63) is 59.2 Å². The monoisotopic (exact) mass is 409 g/mol. The van der Waals surface area contributed by atoms with Crippen LogP contribution in [0.15, 0.2) is 42.5 Å². The molecule has 1 aliphatic rings. The van der Waals surface area contributed by atoms with Crippen molar-refractivity contribution >= 4 is 23.5 Å². The van der Waals surface area contributed by atoms with Gasteiger partial charge in [-0.05, 0) is 62.4 Å². The molecule has 3 rings (SSSR count). The van der Waals surface area contributed by atoms with Gasteiger partial charge < -0.3 is 15.4 Å². The molecule has 158 valence electrons. The molecule has 1 aliphatic heterocycles. The predicted octanol–water partition coefficient (Wildman–Crippen LogP) is 3.19. The summed E-state index contributed by atoms with van der Waals surface area (Å²) in [6, 6.07) is 12.7. The van der Waals surface area contributed by atoms with E-state index < -0.39 is 23.4 Å². The smallest absolute Gasteiger partial charge is 0.325 e. The summed E-state index contributed by atoms with van der Waals surface area (Å²) in [5.74, 6) is -0.0377. The molecule has 0 aromatic heterocycles. The van der Waals surface area contributed by atoms with Gasteiger partial charge in [0.15, 0.2) is 0 Å². The van der Waals surface area contributed by atoms with E-state index in [1.807, 2.05) is 56.3 Å². The van der Waals surface area contributed by atoms with E-state index in [4.69, 9.17) is 4.74 Å². The van der Waals surface area contributed by atoms with E-state index in [0.717, 1.165) is 27.3 Å². The lowest BCUT2D eigenvalue weighted by Crippen LogP contribution is -2.45. The van der Waals surface area contributed by atoms with Crippen molar-refractivity contribution in [1.29, 1.82) is 0 Å². The van der Waals surface area contributed by atoms with Gasteiger partial charge in [-0.25, -0.2) is 4.79 Å². The third kappa shape index (κ3) is 4.45. The summed E-state index contributed by atoms with van der Waals surface area (Å²) in [6.45, 7) is 5.16. The molecule has 1 atom stereocenters. The Morgan fingerprint density at radius 1 is 1.10 bits per heavy atom. The fourth-order valence-corrected chi connectivity index (χ4v) is 3.58. The summed E-state index contributed by atoms with van der Waals surface area (Å²) in [4.78, 5) is 38.8. The average Bonchev–Trinajstić information content (AvgIpc) is 2.93. The van der Waals surface area contributed by atoms with Crippen LogP contribution in [0.2, 0.25) is 0 Å². The number of hydrogen-bond acceptors (Lipinski definition) is 4. The molecule has 1 fully saturated rings. The standard InChI is InChI=1S/C23H27N3O4/c1-15-6-5-7-16(2)20(15)24-19(27)14-26-21(28)23(3,25-22(26)29)13-12-17-8-10-18(30-4)11-9-17/h5-11H,12-14H2,1-4H3,(H,24,27)(H,25,29)/t23-/m1/s1. The first-order valence-electron chi connectivity index (χ1n) is 9.86. The van der Waals surface area contributed by atoms with Gasteiger partial charge in [-0.2, -0.15) is 0 Å². The van der Waals surface area contributed by atoms with Crippen molar-refractivity contribution in [3.63, 3.8) is 0 Å². The first-order valence-corrected chi connectivity index (χ1v) is 9.86. The molecule has 4 amide bonds. The van der Waals surface area contributed by atoms with Gasteiger partial charge in [-0.1, -0.05) is 30.3 Å². The number of ether oxygens (including phenoxy) is 1. The zero-order valence-electron chi connectivity index (χ0n) is 17.7. The van der Waals surface area contributed by atoms with Crippen LogP contribution in [0, 0.1) is 13.8 Å². The Labute approximate surface area is 176 Å². The van der Waals surface area contributed by atoms with Crippen molar-refractivity contribution < 1.29 is 19.1 Å². The lowest BCUT2D eigenvalue weighted by molar-refractivity contribution is -0.133.